The summed E-state index contributed by atoms with van der Waals surface area (Å²) in [7, 11) is 0. The first-order chi connectivity index (χ1) is 24.0. The first-order valence-electron chi connectivity index (χ1n) is 15.3. The van der Waals surface area contributed by atoms with Crippen LogP contribution in [0.25, 0.3) is 16.9 Å². The van der Waals surface area contributed by atoms with Crippen LogP contribution in [0.4, 0.5) is 28.0 Å². The van der Waals surface area contributed by atoms with Crippen molar-refractivity contribution in [3.63, 3.8) is 0 Å². The average Bonchev–Trinajstić information content (AvgIpc) is 3.35. The summed E-state index contributed by atoms with van der Waals surface area (Å²) < 4.78 is 64.8. The summed E-state index contributed by atoms with van der Waals surface area (Å²) in [4.78, 5) is 32.3. The van der Waals surface area contributed by atoms with E-state index in [1.807, 2.05) is 0 Å². The molecule has 3 N–H and O–H groups in total. The second kappa shape index (κ2) is 13.2. The fraction of sp³-hybridized carbons (Fsp3) is 0.379. The molecule has 1 aromatic carbocycles. The average molecular weight is 701 g/mol. The van der Waals surface area contributed by atoms with Crippen LogP contribution >= 0.6 is 0 Å². The van der Waals surface area contributed by atoms with E-state index in [2.05, 4.69) is 55.6 Å². The van der Waals surface area contributed by atoms with Crippen LogP contribution < -0.4 is 20.1 Å². The Kier molecular flexibility index (Phi) is 8.64. The fourth-order valence-electron chi connectivity index (χ4n) is 5.72. The summed E-state index contributed by atoms with van der Waals surface area (Å²) >= 11 is 0. The molecule has 262 valence electrons. The van der Waals surface area contributed by atoms with Gasteiger partial charge in [0.1, 0.15) is 29.3 Å². The van der Waals surface area contributed by atoms with Gasteiger partial charge in [-0.3, -0.25) is 14.4 Å². The van der Waals surface area contributed by atoms with Crippen LogP contribution in [-0.2, 0) is 6.54 Å². The van der Waals surface area contributed by atoms with Gasteiger partial charge in [0, 0.05) is 43.8 Å². The maximum absolute atomic E-state index is 13.4. The van der Waals surface area contributed by atoms with Crippen molar-refractivity contribution in [1.82, 2.24) is 54.8 Å². The molecule has 5 heterocycles. The highest BCUT2D eigenvalue weighted by Crippen LogP contribution is 2.40. The van der Waals surface area contributed by atoms with Gasteiger partial charge in [-0.25, -0.2) is 14.3 Å². The minimum absolute atomic E-state index is 0.00597. The molecule has 2 fully saturated rings. The van der Waals surface area contributed by atoms with E-state index in [9.17, 15) is 27.2 Å². The molecule has 17 nitrogen and oxygen atoms in total. The van der Waals surface area contributed by atoms with E-state index >= 15 is 0 Å². The van der Waals surface area contributed by atoms with Gasteiger partial charge in [-0.05, 0) is 48.7 Å². The van der Waals surface area contributed by atoms with E-state index in [0.717, 1.165) is 37.6 Å². The Balaban J connectivity index is 1.12. The number of halogens is 4. The number of aromatic nitrogens is 9. The number of fused-ring (bicyclic) bond motifs is 1. The van der Waals surface area contributed by atoms with Crippen molar-refractivity contribution >= 4 is 23.3 Å². The lowest BCUT2D eigenvalue weighted by atomic mass is 10.1. The molecule has 0 unspecified atom stereocenters. The summed E-state index contributed by atoms with van der Waals surface area (Å²) in [5.74, 6) is -1.20. The Hall–Kier alpha value is -5.86. The number of alkyl halides is 4. The number of benzene rings is 1. The summed E-state index contributed by atoms with van der Waals surface area (Å²) in [6, 6.07) is 4.67. The summed E-state index contributed by atoms with van der Waals surface area (Å²) in [6.45, 7) is -4.54. The Morgan fingerprint density at radius 2 is 1.90 bits per heavy atom. The number of tetrazole rings is 1. The van der Waals surface area contributed by atoms with Crippen LogP contribution in [0.15, 0.2) is 49.1 Å². The molecule has 2 amide bonds. The molecule has 0 atom stereocenters. The van der Waals surface area contributed by atoms with Gasteiger partial charge in [-0.2, -0.15) is 32.6 Å². The van der Waals surface area contributed by atoms with Crippen LogP contribution in [0.1, 0.15) is 41.5 Å². The molecule has 21 heteroatoms. The lowest BCUT2D eigenvalue weighted by Crippen LogP contribution is -2.50. The Morgan fingerprint density at radius 3 is 2.64 bits per heavy atom. The summed E-state index contributed by atoms with van der Waals surface area (Å²) in [5.41, 5.74) is -0.283. The number of hydrogen-bond acceptors (Lipinski definition) is 11. The SMILES string of the molecule is O=C(O)NC1(CCN2CC(n3nnc(Cn4cc(NC(=O)c5cnn6cccnc56)c(-c5cc(OC(F)F)ccc5OC(F)F)n4)n3)C2)CC1. The summed E-state index contributed by atoms with van der Waals surface area (Å²) in [5, 5.41) is 35.6. The van der Waals surface area contributed by atoms with Crippen LogP contribution in [-0.4, -0.2) is 105 Å². The van der Waals surface area contributed by atoms with E-state index in [-0.39, 0.29) is 57.9 Å². The van der Waals surface area contributed by atoms with E-state index in [0.29, 0.717) is 19.5 Å². The minimum atomic E-state index is -3.27. The lowest BCUT2D eigenvalue weighted by molar-refractivity contribution is -0.0526. The van der Waals surface area contributed by atoms with Crippen molar-refractivity contribution in [1.29, 1.82) is 0 Å². The second-order valence-corrected chi connectivity index (χ2v) is 11.8. The minimum Gasteiger partial charge on any atom is -0.465 e. The second-order valence-electron chi connectivity index (χ2n) is 11.8. The van der Waals surface area contributed by atoms with Gasteiger partial charge in [-0.15, -0.1) is 10.2 Å². The van der Waals surface area contributed by atoms with Gasteiger partial charge in [0.05, 0.1) is 23.5 Å². The molecule has 0 radical (unpaired) electrons. The molecular formula is C29H28F4N12O5. The summed E-state index contributed by atoms with van der Waals surface area (Å²) in [6.07, 6.45) is 7.08. The van der Waals surface area contributed by atoms with Crippen molar-refractivity contribution in [3.05, 3.63) is 60.4 Å². The van der Waals surface area contributed by atoms with Crippen molar-refractivity contribution in [2.75, 3.05) is 25.0 Å². The number of nitrogens with one attached hydrogen (secondary N) is 2. The molecule has 5 aromatic rings. The van der Waals surface area contributed by atoms with Gasteiger partial charge in [0.2, 0.25) is 0 Å². The van der Waals surface area contributed by atoms with Crippen LogP contribution in [0.5, 0.6) is 11.5 Å². The number of anilines is 1. The van der Waals surface area contributed by atoms with E-state index in [1.54, 1.807) is 12.3 Å². The van der Waals surface area contributed by atoms with Gasteiger partial charge in [0.25, 0.3) is 5.91 Å². The number of ether oxygens (including phenoxy) is 2. The van der Waals surface area contributed by atoms with Crippen LogP contribution in [0.2, 0.25) is 0 Å². The zero-order chi connectivity index (χ0) is 35.0. The molecule has 2 aliphatic rings. The first kappa shape index (κ1) is 32.7. The Bertz CT molecular complexity index is 2020. The molecule has 0 spiro atoms. The smallest absolute Gasteiger partial charge is 0.405 e. The van der Waals surface area contributed by atoms with Gasteiger partial charge < -0.3 is 25.2 Å². The van der Waals surface area contributed by atoms with Gasteiger partial charge >= 0.3 is 19.3 Å². The third-order valence-electron chi connectivity index (χ3n) is 8.35. The Labute approximate surface area is 278 Å². The molecular weight excluding hydrogens is 672 g/mol. The van der Waals surface area contributed by atoms with Crippen LogP contribution in [0.3, 0.4) is 0 Å². The molecule has 1 saturated heterocycles. The largest absolute Gasteiger partial charge is 0.465 e. The van der Waals surface area contributed by atoms with Crippen molar-refractivity contribution in [2.24, 2.45) is 0 Å². The molecule has 1 aliphatic carbocycles. The number of rotatable bonds is 14. The predicted octanol–water partition coefficient (Wildman–Crippen LogP) is 3.13. The maximum atomic E-state index is 13.4. The molecule has 7 rings (SSSR count). The molecule has 1 saturated carbocycles. The van der Waals surface area contributed by atoms with Crippen LogP contribution in [0, 0.1) is 0 Å². The standard InChI is InChI=1S/C29H28F4N12O5/c30-26(31)49-17-2-3-21(50-27(32)33)18(10-17)23-20(36-25(46)19-11-35-44-8-1-7-34-24(19)44)14-43(40-23)15-22-38-41-45(39-22)16-12-42(13-16)9-6-29(4-5-29)37-28(47)48/h1-3,7-8,10-11,14,16,26-27,37H,4-6,9,12-13,15H2,(H,36,46)(H,47,48). The Morgan fingerprint density at radius 1 is 1.10 bits per heavy atom. The molecule has 4 aromatic heterocycles. The van der Waals surface area contributed by atoms with E-state index in [4.69, 9.17) is 5.11 Å². The lowest BCUT2D eigenvalue weighted by Gasteiger charge is -2.38. The zero-order valence-electron chi connectivity index (χ0n) is 25.9. The maximum Gasteiger partial charge on any atom is 0.405 e. The molecule has 1 aliphatic heterocycles. The van der Waals surface area contributed by atoms with Crippen molar-refractivity contribution < 1.29 is 41.7 Å². The van der Waals surface area contributed by atoms with Gasteiger partial charge in [-0.1, -0.05) is 0 Å². The molecule has 50 heavy (non-hydrogen) atoms. The number of carboxylic acid groups (broad SMARTS) is 1. The van der Waals surface area contributed by atoms with E-state index in [1.165, 1.54) is 32.6 Å². The van der Waals surface area contributed by atoms with Gasteiger partial charge in [0.15, 0.2) is 11.5 Å². The highest BCUT2D eigenvalue weighted by atomic mass is 19.3. The topological polar surface area (TPSA) is 192 Å². The number of likely N-dealkylation sites (tertiary alicyclic amines) is 1. The normalized spacial score (nSPS) is 15.7. The zero-order valence-corrected chi connectivity index (χ0v) is 25.9. The highest BCUT2D eigenvalue weighted by Gasteiger charge is 2.44. The monoisotopic (exact) mass is 700 g/mol. The van der Waals surface area contributed by atoms with Crippen molar-refractivity contribution in [2.45, 2.75) is 50.6 Å². The van der Waals surface area contributed by atoms with E-state index < -0.39 is 31.0 Å². The number of carbonyl (C=O) groups excluding carboxylic acids is 1. The number of amides is 2. The third kappa shape index (κ3) is 7.11. The third-order valence-corrected chi connectivity index (χ3v) is 8.35. The number of carbonyl (C=O) groups is 2. The fourth-order valence-corrected chi connectivity index (χ4v) is 5.72. The predicted molar refractivity (Wildman–Crippen MR) is 162 cm³/mol. The number of hydrogen-bond donors (Lipinski definition) is 3. The number of nitrogens with zero attached hydrogens (tertiary/aromatic N) is 10. The molecule has 0 bridgehead atoms. The van der Waals surface area contributed by atoms with Crippen molar-refractivity contribution in [3.8, 4) is 22.8 Å². The highest BCUT2D eigenvalue weighted by molar-refractivity contribution is 6.09. The first-order valence-corrected chi connectivity index (χ1v) is 15.3. The quantitative estimate of drug-likeness (QED) is 0.144.